The Hall–Kier alpha value is -0.870. The van der Waals surface area contributed by atoms with E-state index in [1.165, 1.54) is 0 Å². The molecule has 1 rings (SSSR count). The minimum absolute atomic E-state index is 0.202. The quantitative estimate of drug-likeness (QED) is 0.769. The molecule has 0 radical (unpaired) electrons. The third-order valence-corrected chi connectivity index (χ3v) is 1.74. The number of nitrogens with two attached hydrogens (primary N) is 1. The Balaban J connectivity index is 2.33. The van der Waals surface area contributed by atoms with Gasteiger partial charge in [0, 0.05) is 12.6 Å². The number of hydrogen-bond donors (Lipinski definition) is 2. The predicted molar refractivity (Wildman–Crippen MR) is 53.8 cm³/mol. The molecule has 0 amide bonds. The molecule has 5 heteroatoms. The Morgan fingerprint density at radius 2 is 2.31 bits per heavy atom. The van der Waals surface area contributed by atoms with Gasteiger partial charge in [-0.25, -0.2) is 0 Å². The topological polar surface area (TPSA) is 63.8 Å². The summed E-state index contributed by atoms with van der Waals surface area (Å²) in [6, 6.07) is 3.69. The van der Waals surface area contributed by atoms with Crippen molar-refractivity contribution in [2.75, 3.05) is 11.9 Å². The van der Waals surface area contributed by atoms with E-state index in [1.54, 1.807) is 12.1 Å². The maximum absolute atomic E-state index is 5.58. The first-order chi connectivity index (χ1) is 6.18. The summed E-state index contributed by atoms with van der Waals surface area (Å²) in [7, 11) is 0. The van der Waals surface area contributed by atoms with Crippen LogP contribution in [-0.4, -0.2) is 22.8 Å². The van der Waals surface area contributed by atoms with Gasteiger partial charge < -0.3 is 11.1 Å². The highest BCUT2D eigenvalue weighted by Crippen LogP contribution is 2.05. The Morgan fingerprint density at radius 1 is 1.54 bits per heavy atom. The van der Waals surface area contributed by atoms with Gasteiger partial charge in [-0.3, -0.25) is 0 Å². The highest BCUT2D eigenvalue weighted by molar-refractivity contribution is 6.29. The summed E-state index contributed by atoms with van der Waals surface area (Å²) in [5.74, 6) is 0.727. The highest BCUT2D eigenvalue weighted by atomic mass is 35.5. The monoisotopic (exact) mass is 200 g/mol. The minimum atomic E-state index is 0.202. The molecule has 0 aliphatic rings. The Kier molecular flexibility index (Phi) is 3.92. The standard InChI is InChI=1S/C8H13ClN4/c1-6(10)4-5-11-8-3-2-7(9)12-13-8/h2-3,6H,4-5,10H2,1H3,(H,11,13). The fourth-order valence-electron chi connectivity index (χ4n) is 0.838. The van der Waals surface area contributed by atoms with E-state index < -0.39 is 0 Å². The van der Waals surface area contributed by atoms with E-state index in [1.807, 2.05) is 6.92 Å². The van der Waals surface area contributed by atoms with Crippen LogP contribution in [0.1, 0.15) is 13.3 Å². The number of aromatic nitrogens is 2. The van der Waals surface area contributed by atoms with E-state index in [0.717, 1.165) is 18.8 Å². The molecule has 0 spiro atoms. The van der Waals surface area contributed by atoms with E-state index in [2.05, 4.69) is 15.5 Å². The normalized spacial score (nSPS) is 12.5. The van der Waals surface area contributed by atoms with Crippen molar-refractivity contribution in [2.45, 2.75) is 19.4 Å². The van der Waals surface area contributed by atoms with Gasteiger partial charge in [-0.05, 0) is 25.5 Å². The average Bonchev–Trinajstić information content (AvgIpc) is 2.08. The summed E-state index contributed by atoms with van der Waals surface area (Å²) in [5, 5.41) is 11.0. The number of nitrogens with zero attached hydrogens (tertiary/aromatic N) is 2. The lowest BCUT2D eigenvalue weighted by Crippen LogP contribution is -2.19. The summed E-state index contributed by atoms with van der Waals surface area (Å²) in [6.45, 7) is 2.77. The lowest BCUT2D eigenvalue weighted by atomic mass is 10.2. The Morgan fingerprint density at radius 3 is 2.85 bits per heavy atom. The first kappa shape index (κ1) is 10.2. The van der Waals surface area contributed by atoms with Crippen molar-refractivity contribution >= 4 is 17.4 Å². The fraction of sp³-hybridized carbons (Fsp3) is 0.500. The maximum Gasteiger partial charge on any atom is 0.151 e. The summed E-state index contributed by atoms with van der Waals surface area (Å²) < 4.78 is 0. The van der Waals surface area contributed by atoms with E-state index in [0.29, 0.717) is 5.15 Å². The molecule has 0 fully saturated rings. The maximum atomic E-state index is 5.58. The molecule has 1 aromatic rings. The Labute approximate surface area is 82.5 Å². The lowest BCUT2D eigenvalue weighted by Gasteiger charge is -2.06. The molecule has 0 bridgehead atoms. The second kappa shape index (κ2) is 4.99. The van der Waals surface area contributed by atoms with Crippen molar-refractivity contribution < 1.29 is 0 Å². The molecule has 0 aliphatic carbocycles. The van der Waals surface area contributed by atoms with Gasteiger partial charge in [0.2, 0.25) is 0 Å². The van der Waals surface area contributed by atoms with Crippen LogP contribution >= 0.6 is 11.6 Å². The van der Waals surface area contributed by atoms with Crippen molar-refractivity contribution in [1.29, 1.82) is 0 Å². The van der Waals surface area contributed by atoms with Gasteiger partial charge in [0.1, 0.15) is 5.82 Å². The minimum Gasteiger partial charge on any atom is -0.369 e. The molecule has 1 atom stereocenters. The van der Waals surface area contributed by atoms with Crippen LogP contribution in [0.25, 0.3) is 0 Å². The molecule has 72 valence electrons. The zero-order chi connectivity index (χ0) is 9.68. The van der Waals surface area contributed by atoms with Crippen molar-refractivity contribution in [1.82, 2.24) is 10.2 Å². The molecule has 1 heterocycles. The third-order valence-electron chi connectivity index (χ3n) is 1.54. The molecule has 0 saturated heterocycles. The smallest absolute Gasteiger partial charge is 0.151 e. The van der Waals surface area contributed by atoms with Gasteiger partial charge in [-0.2, -0.15) is 0 Å². The van der Waals surface area contributed by atoms with E-state index in [-0.39, 0.29) is 6.04 Å². The van der Waals surface area contributed by atoms with Gasteiger partial charge in [-0.1, -0.05) is 11.6 Å². The number of anilines is 1. The van der Waals surface area contributed by atoms with Crippen LogP contribution in [0.4, 0.5) is 5.82 Å². The molecule has 1 aromatic heterocycles. The molecule has 4 nitrogen and oxygen atoms in total. The second-order valence-electron chi connectivity index (χ2n) is 2.93. The molecule has 1 unspecified atom stereocenters. The predicted octanol–water partition coefficient (Wildman–Crippen LogP) is 1.28. The molecule has 0 aromatic carbocycles. The summed E-state index contributed by atoms with van der Waals surface area (Å²) in [4.78, 5) is 0. The van der Waals surface area contributed by atoms with Crippen LogP contribution in [0.2, 0.25) is 5.15 Å². The zero-order valence-corrected chi connectivity index (χ0v) is 8.25. The summed E-state index contributed by atoms with van der Waals surface area (Å²) in [5.41, 5.74) is 5.58. The molecule has 0 saturated carbocycles. The average molecular weight is 201 g/mol. The number of halogens is 1. The van der Waals surface area contributed by atoms with Crippen LogP contribution in [-0.2, 0) is 0 Å². The molecule has 0 aliphatic heterocycles. The highest BCUT2D eigenvalue weighted by Gasteiger charge is 1.96. The number of nitrogens with one attached hydrogen (secondary N) is 1. The second-order valence-corrected chi connectivity index (χ2v) is 3.32. The van der Waals surface area contributed by atoms with Gasteiger partial charge in [0.05, 0.1) is 0 Å². The molecular formula is C8H13ClN4. The van der Waals surface area contributed by atoms with Gasteiger partial charge in [0.25, 0.3) is 0 Å². The lowest BCUT2D eigenvalue weighted by molar-refractivity contribution is 0.688. The summed E-state index contributed by atoms with van der Waals surface area (Å²) >= 11 is 5.57. The van der Waals surface area contributed by atoms with Gasteiger partial charge >= 0.3 is 0 Å². The molecule has 13 heavy (non-hydrogen) atoms. The third kappa shape index (κ3) is 4.05. The van der Waals surface area contributed by atoms with Crippen LogP contribution in [0, 0.1) is 0 Å². The van der Waals surface area contributed by atoms with Crippen molar-refractivity contribution in [2.24, 2.45) is 5.73 Å². The number of rotatable bonds is 4. The van der Waals surface area contributed by atoms with Gasteiger partial charge in [-0.15, -0.1) is 10.2 Å². The van der Waals surface area contributed by atoms with Crippen LogP contribution < -0.4 is 11.1 Å². The van der Waals surface area contributed by atoms with Crippen LogP contribution in [0.5, 0.6) is 0 Å². The van der Waals surface area contributed by atoms with Crippen LogP contribution in [0.15, 0.2) is 12.1 Å². The van der Waals surface area contributed by atoms with Gasteiger partial charge in [0.15, 0.2) is 5.15 Å². The SMILES string of the molecule is CC(N)CCNc1ccc(Cl)nn1. The van der Waals surface area contributed by atoms with E-state index >= 15 is 0 Å². The fourth-order valence-corrected chi connectivity index (χ4v) is 0.939. The van der Waals surface area contributed by atoms with Crippen molar-refractivity contribution in [3.63, 3.8) is 0 Å². The largest absolute Gasteiger partial charge is 0.369 e. The zero-order valence-electron chi connectivity index (χ0n) is 7.50. The van der Waals surface area contributed by atoms with E-state index in [9.17, 15) is 0 Å². The van der Waals surface area contributed by atoms with E-state index in [4.69, 9.17) is 17.3 Å². The Bertz CT molecular complexity index is 247. The van der Waals surface area contributed by atoms with Crippen molar-refractivity contribution in [3.05, 3.63) is 17.3 Å². The molecular weight excluding hydrogens is 188 g/mol. The number of hydrogen-bond acceptors (Lipinski definition) is 4. The molecule has 3 N–H and O–H groups in total. The van der Waals surface area contributed by atoms with Crippen molar-refractivity contribution in [3.8, 4) is 0 Å². The van der Waals surface area contributed by atoms with Crippen LogP contribution in [0.3, 0.4) is 0 Å². The first-order valence-corrected chi connectivity index (χ1v) is 4.55. The summed E-state index contributed by atoms with van der Waals surface area (Å²) in [6.07, 6.45) is 0.907. The first-order valence-electron chi connectivity index (χ1n) is 4.17.